The van der Waals surface area contributed by atoms with E-state index in [9.17, 15) is 0 Å². The molecule has 20 heavy (non-hydrogen) atoms. The van der Waals surface area contributed by atoms with E-state index in [0.717, 1.165) is 13.1 Å². The van der Waals surface area contributed by atoms with Crippen molar-refractivity contribution in [2.75, 3.05) is 26.2 Å². The Bertz CT molecular complexity index is 431. The zero-order valence-electron chi connectivity index (χ0n) is 12.9. The maximum Gasteiger partial charge on any atom is 0.0534 e. The number of piperidine rings is 1. The quantitative estimate of drug-likeness (QED) is 0.914. The summed E-state index contributed by atoms with van der Waals surface area (Å²) in [5.74, 6) is 0.660. The zero-order chi connectivity index (χ0) is 14.0. The molecule has 2 fully saturated rings. The molecule has 112 valence electrons. The molecule has 3 heterocycles. The highest BCUT2D eigenvalue weighted by Gasteiger charge is 2.38. The number of hydrogen-bond donors (Lipinski definition) is 1. The molecule has 2 aliphatic rings. The Kier molecular flexibility index (Phi) is 4.13. The predicted octanol–water partition coefficient (Wildman–Crippen LogP) is 2.11. The lowest BCUT2D eigenvalue weighted by Crippen LogP contribution is -2.38. The minimum atomic E-state index is 0.610. The van der Waals surface area contributed by atoms with Crippen LogP contribution >= 0.6 is 0 Å². The highest BCUT2D eigenvalue weighted by molar-refractivity contribution is 5.05. The van der Waals surface area contributed by atoms with Gasteiger partial charge in [0.15, 0.2) is 0 Å². The smallest absolute Gasteiger partial charge is 0.0534 e. The maximum absolute atomic E-state index is 4.48. The standard InChI is InChI=1S/C16H28N4/c1-14(2)10-20-12-15(9-18-20)11-19-8-5-16(13-19)3-6-17-7-4-16/h9,12,14,17H,3-8,10-11,13H2,1-2H3. The Morgan fingerprint density at radius 2 is 2.10 bits per heavy atom. The minimum absolute atomic E-state index is 0.610. The van der Waals surface area contributed by atoms with E-state index >= 15 is 0 Å². The van der Waals surface area contributed by atoms with Crippen molar-refractivity contribution in [1.29, 1.82) is 0 Å². The van der Waals surface area contributed by atoms with Crippen molar-refractivity contribution in [2.45, 2.75) is 46.2 Å². The molecule has 0 atom stereocenters. The van der Waals surface area contributed by atoms with E-state index in [1.807, 2.05) is 0 Å². The van der Waals surface area contributed by atoms with Crippen LogP contribution in [0.5, 0.6) is 0 Å². The molecule has 2 aliphatic heterocycles. The van der Waals surface area contributed by atoms with Crippen molar-refractivity contribution in [3.63, 3.8) is 0 Å². The van der Waals surface area contributed by atoms with Crippen LogP contribution in [-0.2, 0) is 13.1 Å². The third kappa shape index (κ3) is 3.23. The fourth-order valence-corrected chi connectivity index (χ4v) is 3.75. The fraction of sp³-hybridized carbons (Fsp3) is 0.812. The molecule has 2 saturated heterocycles. The normalized spacial score (nSPS) is 22.9. The van der Waals surface area contributed by atoms with Crippen LogP contribution in [0.25, 0.3) is 0 Å². The van der Waals surface area contributed by atoms with Gasteiger partial charge in [-0.1, -0.05) is 13.8 Å². The Hall–Kier alpha value is -0.870. The molecule has 1 aromatic heterocycles. The lowest BCUT2D eigenvalue weighted by molar-refractivity contribution is 0.194. The Balaban J connectivity index is 1.55. The minimum Gasteiger partial charge on any atom is -0.317 e. The van der Waals surface area contributed by atoms with Crippen LogP contribution < -0.4 is 5.32 Å². The van der Waals surface area contributed by atoms with E-state index in [4.69, 9.17) is 0 Å². The van der Waals surface area contributed by atoms with Gasteiger partial charge in [0.2, 0.25) is 0 Å². The molecule has 4 nitrogen and oxygen atoms in total. The molecule has 0 unspecified atom stereocenters. The molecule has 0 aliphatic carbocycles. The van der Waals surface area contributed by atoms with Crippen LogP contribution in [0.1, 0.15) is 38.7 Å². The number of nitrogens with one attached hydrogen (secondary N) is 1. The van der Waals surface area contributed by atoms with Gasteiger partial charge in [0.1, 0.15) is 0 Å². The SMILES string of the molecule is CC(C)Cn1cc(CN2CCC3(CCNCC3)C2)cn1. The van der Waals surface area contributed by atoms with Crippen LogP contribution in [0, 0.1) is 11.3 Å². The second kappa shape index (κ2) is 5.86. The second-order valence-corrected chi connectivity index (χ2v) is 7.18. The monoisotopic (exact) mass is 276 g/mol. The highest BCUT2D eigenvalue weighted by Crippen LogP contribution is 2.38. The topological polar surface area (TPSA) is 33.1 Å². The lowest BCUT2D eigenvalue weighted by atomic mass is 9.78. The van der Waals surface area contributed by atoms with Crippen molar-refractivity contribution in [1.82, 2.24) is 20.0 Å². The Morgan fingerprint density at radius 1 is 1.30 bits per heavy atom. The van der Waals surface area contributed by atoms with Gasteiger partial charge >= 0.3 is 0 Å². The molecule has 0 radical (unpaired) electrons. The molecule has 1 aromatic rings. The van der Waals surface area contributed by atoms with Crippen molar-refractivity contribution in [2.24, 2.45) is 11.3 Å². The predicted molar refractivity (Wildman–Crippen MR) is 81.5 cm³/mol. The summed E-state index contributed by atoms with van der Waals surface area (Å²) in [6.45, 7) is 11.5. The van der Waals surface area contributed by atoms with Gasteiger partial charge in [-0.2, -0.15) is 5.10 Å². The van der Waals surface area contributed by atoms with Crippen molar-refractivity contribution in [3.8, 4) is 0 Å². The van der Waals surface area contributed by atoms with Gasteiger partial charge in [-0.25, -0.2) is 0 Å². The summed E-state index contributed by atoms with van der Waals surface area (Å²) in [5.41, 5.74) is 1.98. The third-order valence-electron chi connectivity index (χ3n) is 4.83. The van der Waals surface area contributed by atoms with Gasteiger partial charge in [0.25, 0.3) is 0 Å². The van der Waals surface area contributed by atoms with Crippen LogP contribution in [-0.4, -0.2) is 40.9 Å². The molecule has 0 aromatic carbocycles. The number of nitrogens with zero attached hydrogens (tertiary/aromatic N) is 3. The molecule has 0 amide bonds. The van der Waals surface area contributed by atoms with Crippen LogP contribution in [0.2, 0.25) is 0 Å². The molecule has 1 N–H and O–H groups in total. The third-order valence-corrected chi connectivity index (χ3v) is 4.83. The summed E-state index contributed by atoms with van der Waals surface area (Å²) in [5, 5.41) is 7.97. The fourth-order valence-electron chi connectivity index (χ4n) is 3.75. The van der Waals surface area contributed by atoms with E-state index in [1.54, 1.807) is 0 Å². The Morgan fingerprint density at radius 3 is 2.85 bits per heavy atom. The van der Waals surface area contributed by atoms with Gasteiger partial charge in [-0.05, 0) is 50.2 Å². The molecule has 3 rings (SSSR count). The van der Waals surface area contributed by atoms with Crippen LogP contribution in [0.15, 0.2) is 12.4 Å². The molecule has 0 saturated carbocycles. The van der Waals surface area contributed by atoms with Crippen molar-refractivity contribution in [3.05, 3.63) is 18.0 Å². The average molecular weight is 276 g/mol. The van der Waals surface area contributed by atoms with E-state index in [-0.39, 0.29) is 0 Å². The number of aromatic nitrogens is 2. The van der Waals surface area contributed by atoms with Crippen molar-refractivity contribution < 1.29 is 0 Å². The van der Waals surface area contributed by atoms with Crippen LogP contribution in [0.3, 0.4) is 0 Å². The largest absolute Gasteiger partial charge is 0.317 e. The first-order valence-electron chi connectivity index (χ1n) is 8.10. The summed E-state index contributed by atoms with van der Waals surface area (Å²) in [6.07, 6.45) is 8.38. The first-order chi connectivity index (χ1) is 9.65. The summed E-state index contributed by atoms with van der Waals surface area (Å²) in [7, 11) is 0. The first kappa shape index (κ1) is 14.1. The Labute approximate surface area is 122 Å². The van der Waals surface area contributed by atoms with Gasteiger partial charge in [0.05, 0.1) is 6.20 Å². The number of rotatable bonds is 4. The summed E-state index contributed by atoms with van der Waals surface area (Å²) in [6, 6.07) is 0. The highest BCUT2D eigenvalue weighted by atomic mass is 15.3. The van der Waals surface area contributed by atoms with Gasteiger partial charge in [-0.3, -0.25) is 9.58 Å². The molecule has 0 bridgehead atoms. The summed E-state index contributed by atoms with van der Waals surface area (Å²) < 4.78 is 2.09. The van der Waals surface area contributed by atoms with Crippen molar-refractivity contribution >= 4 is 0 Å². The maximum atomic E-state index is 4.48. The van der Waals surface area contributed by atoms with E-state index in [0.29, 0.717) is 11.3 Å². The second-order valence-electron chi connectivity index (χ2n) is 7.18. The summed E-state index contributed by atoms with van der Waals surface area (Å²) in [4.78, 5) is 2.63. The number of likely N-dealkylation sites (tertiary alicyclic amines) is 1. The molecule has 1 spiro atoms. The average Bonchev–Trinajstić information content (AvgIpc) is 2.99. The number of hydrogen-bond acceptors (Lipinski definition) is 3. The molecule has 4 heteroatoms. The summed E-state index contributed by atoms with van der Waals surface area (Å²) >= 11 is 0. The van der Waals surface area contributed by atoms with E-state index < -0.39 is 0 Å². The van der Waals surface area contributed by atoms with Gasteiger partial charge in [-0.15, -0.1) is 0 Å². The van der Waals surface area contributed by atoms with Gasteiger partial charge < -0.3 is 5.32 Å². The lowest BCUT2D eigenvalue weighted by Gasteiger charge is -2.33. The molecular weight excluding hydrogens is 248 g/mol. The molecular formula is C16H28N4. The first-order valence-corrected chi connectivity index (χ1v) is 8.10. The zero-order valence-corrected chi connectivity index (χ0v) is 12.9. The van der Waals surface area contributed by atoms with E-state index in [1.165, 1.54) is 51.0 Å². The van der Waals surface area contributed by atoms with E-state index in [2.05, 4.69) is 46.2 Å². The van der Waals surface area contributed by atoms with Gasteiger partial charge in [0, 0.05) is 31.4 Å². The van der Waals surface area contributed by atoms with Crippen LogP contribution in [0.4, 0.5) is 0 Å².